The summed E-state index contributed by atoms with van der Waals surface area (Å²) in [7, 11) is -1.79. The zero-order valence-corrected chi connectivity index (χ0v) is 17.4. The van der Waals surface area contributed by atoms with Crippen LogP contribution in [0.3, 0.4) is 0 Å². The second-order valence-corrected chi connectivity index (χ2v) is 13.8. The maximum Gasteiger partial charge on any atom is 0.250 e. The average molecular weight is 337 g/mol. The Morgan fingerprint density at radius 3 is 2.26 bits per heavy atom. The van der Waals surface area contributed by atoms with Gasteiger partial charge in [-0.3, -0.25) is 0 Å². The molecule has 1 rings (SSSR count). The summed E-state index contributed by atoms with van der Waals surface area (Å²) in [4.78, 5) is 0. The van der Waals surface area contributed by atoms with Crippen molar-refractivity contribution < 1.29 is 9.53 Å². The van der Waals surface area contributed by atoms with Crippen LogP contribution in [0.25, 0.3) is 0 Å². The van der Waals surface area contributed by atoms with Gasteiger partial charge >= 0.3 is 0 Å². The average Bonchev–Trinajstić information content (AvgIpc) is 2.35. The summed E-state index contributed by atoms with van der Waals surface area (Å²) in [6.07, 6.45) is 2.98. The van der Waals surface area contributed by atoms with Gasteiger partial charge in [-0.1, -0.05) is 46.2 Å². The first-order chi connectivity index (χ1) is 10.3. The Hall–Kier alpha value is -0.803. The number of aliphatic hydroxyl groups is 1. The molecule has 2 nitrogen and oxygen atoms in total. The van der Waals surface area contributed by atoms with Crippen molar-refractivity contribution in [3.8, 4) is 5.75 Å². The van der Waals surface area contributed by atoms with Gasteiger partial charge in [0, 0.05) is 0 Å². The summed E-state index contributed by atoms with van der Waals surface area (Å²) in [6, 6.07) is 8.57. The van der Waals surface area contributed by atoms with Crippen LogP contribution in [-0.4, -0.2) is 19.0 Å². The Kier molecular flexibility index (Phi) is 6.51. The van der Waals surface area contributed by atoms with E-state index in [1.54, 1.807) is 0 Å². The second kappa shape index (κ2) is 7.39. The molecule has 0 bridgehead atoms. The molecule has 0 spiro atoms. The summed E-state index contributed by atoms with van der Waals surface area (Å²) in [5, 5.41) is 10.0. The van der Waals surface area contributed by atoms with Crippen LogP contribution in [0.2, 0.25) is 18.1 Å². The largest absolute Gasteiger partial charge is 0.543 e. The van der Waals surface area contributed by atoms with E-state index in [1.807, 2.05) is 13.8 Å². The van der Waals surface area contributed by atoms with E-state index in [9.17, 15) is 5.11 Å². The predicted octanol–water partition coefficient (Wildman–Crippen LogP) is 6.12. The predicted molar refractivity (Wildman–Crippen MR) is 103 cm³/mol. The Morgan fingerprint density at radius 1 is 1.13 bits per heavy atom. The van der Waals surface area contributed by atoms with E-state index in [4.69, 9.17) is 4.43 Å². The molecule has 1 atom stereocenters. The molecule has 23 heavy (non-hydrogen) atoms. The number of rotatable bonds is 7. The molecule has 0 saturated carbocycles. The van der Waals surface area contributed by atoms with Gasteiger partial charge in [0.1, 0.15) is 5.75 Å². The first-order valence-corrected chi connectivity index (χ1v) is 11.7. The highest BCUT2D eigenvalue weighted by Crippen LogP contribution is 2.38. The van der Waals surface area contributed by atoms with Crippen molar-refractivity contribution in [2.24, 2.45) is 0 Å². The van der Waals surface area contributed by atoms with E-state index in [2.05, 4.69) is 65.1 Å². The van der Waals surface area contributed by atoms with Gasteiger partial charge < -0.3 is 9.53 Å². The zero-order chi connectivity index (χ0) is 17.9. The van der Waals surface area contributed by atoms with Crippen LogP contribution in [0.5, 0.6) is 5.75 Å². The lowest BCUT2D eigenvalue weighted by atomic mass is 9.92. The van der Waals surface area contributed by atoms with Crippen LogP contribution in [-0.2, 0) is 0 Å². The number of benzene rings is 1. The van der Waals surface area contributed by atoms with Gasteiger partial charge in [0.15, 0.2) is 0 Å². The fourth-order valence-electron chi connectivity index (χ4n) is 2.34. The first kappa shape index (κ1) is 20.2. The van der Waals surface area contributed by atoms with E-state index in [-0.39, 0.29) is 5.04 Å². The highest BCUT2D eigenvalue weighted by atomic mass is 28.4. The molecule has 1 aromatic rings. The SMILES string of the molecule is CC(CCCC(C)(C)O)c1cccc(O[Si](C)(C)C(C)(C)C)c1. The van der Waals surface area contributed by atoms with Crippen LogP contribution >= 0.6 is 0 Å². The zero-order valence-electron chi connectivity index (χ0n) is 16.4. The van der Waals surface area contributed by atoms with Gasteiger partial charge in [0.05, 0.1) is 5.60 Å². The van der Waals surface area contributed by atoms with E-state index in [1.165, 1.54) is 5.56 Å². The van der Waals surface area contributed by atoms with Gasteiger partial charge in [-0.05, 0) is 68.4 Å². The molecule has 0 aliphatic heterocycles. The molecule has 0 aliphatic carbocycles. The maximum absolute atomic E-state index is 9.83. The van der Waals surface area contributed by atoms with Crippen molar-refractivity contribution >= 4 is 8.32 Å². The second-order valence-electron chi connectivity index (χ2n) is 9.04. The molecule has 0 fully saturated rings. The van der Waals surface area contributed by atoms with E-state index < -0.39 is 13.9 Å². The van der Waals surface area contributed by atoms with Crippen LogP contribution in [0.1, 0.15) is 72.3 Å². The lowest BCUT2D eigenvalue weighted by Crippen LogP contribution is -2.43. The molecular weight excluding hydrogens is 300 g/mol. The van der Waals surface area contributed by atoms with Gasteiger partial charge in [-0.15, -0.1) is 0 Å². The lowest BCUT2D eigenvalue weighted by Gasteiger charge is -2.36. The number of hydrogen-bond donors (Lipinski definition) is 1. The first-order valence-electron chi connectivity index (χ1n) is 8.83. The van der Waals surface area contributed by atoms with Crippen molar-refractivity contribution in [2.45, 2.75) is 90.5 Å². The molecule has 0 radical (unpaired) electrons. The minimum Gasteiger partial charge on any atom is -0.543 e. The maximum atomic E-state index is 9.83. The quantitative estimate of drug-likeness (QED) is 0.608. The highest BCUT2D eigenvalue weighted by Gasteiger charge is 2.38. The van der Waals surface area contributed by atoms with Crippen LogP contribution in [0.4, 0.5) is 0 Å². The van der Waals surface area contributed by atoms with E-state index in [0.29, 0.717) is 5.92 Å². The smallest absolute Gasteiger partial charge is 0.250 e. The summed E-state index contributed by atoms with van der Waals surface area (Å²) >= 11 is 0. The van der Waals surface area contributed by atoms with E-state index in [0.717, 1.165) is 25.0 Å². The molecule has 1 N–H and O–H groups in total. The monoisotopic (exact) mass is 336 g/mol. The standard InChI is InChI=1S/C20H36O2Si/c1-16(11-10-14-20(5,6)21)17-12-9-13-18(15-17)22-23(7,8)19(2,3)4/h9,12-13,15-16,21H,10-11,14H2,1-8H3. The molecule has 0 aromatic heterocycles. The Balaban J connectivity index is 2.73. The van der Waals surface area contributed by atoms with Crippen LogP contribution < -0.4 is 4.43 Å². The fourth-order valence-corrected chi connectivity index (χ4v) is 3.36. The van der Waals surface area contributed by atoms with Crippen molar-refractivity contribution in [3.63, 3.8) is 0 Å². The summed E-state index contributed by atoms with van der Waals surface area (Å²) in [6.45, 7) is 17.4. The Bertz CT molecular complexity index is 495. The third kappa shape index (κ3) is 6.68. The summed E-state index contributed by atoms with van der Waals surface area (Å²) < 4.78 is 6.41. The third-order valence-electron chi connectivity index (χ3n) is 5.03. The van der Waals surface area contributed by atoms with Crippen LogP contribution in [0, 0.1) is 0 Å². The molecule has 132 valence electrons. The fraction of sp³-hybridized carbons (Fsp3) is 0.700. The minimum absolute atomic E-state index is 0.210. The summed E-state index contributed by atoms with van der Waals surface area (Å²) in [5.74, 6) is 1.49. The van der Waals surface area contributed by atoms with Crippen molar-refractivity contribution in [3.05, 3.63) is 29.8 Å². The number of hydrogen-bond acceptors (Lipinski definition) is 2. The Morgan fingerprint density at radius 2 is 1.74 bits per heavy atom. The third-order valence-corrected chi connectivity index (χ3v) is 9.39. The van der Waals surface area contributed by atoms with Crippen molar-refractivity contribution in [2.75, 3.05) is 0 Å². The normalized spacial score (nSPS) is 14.7. The molecule has 0 amide bonds. The van der Waals surface area contributed by atoms with Gasteiger partial charge in [0.2, 0.25) is 8.32 Å². The van der Waals surface area contributed by atoms with Gasteiger partial charge in [-0.25, -0.2) is 0 Å². The topological polar surface area (TPSA) is 29.5 Å². The lowest BCUT2D eigenvalue weighted by molar-refractivity contribution is 0.0678. The molecule has 1 aromatic carbocycles. The molecule has 0 saturated heterocycles. The minimum atomic E-state index is -1.79. The van der Waals surface area contributed by atoms with Crippen molar-refractivity contribution in [1.82, 2.24) is 0 Å². The highest BCUT2D eigenvalue weighted by molar-refractivity contribution is 6.74. The molecule has 0 heterocycles. The van der Waals surface area contributed by atoms with Gasteiger partial charge in [-0.2, -0.15) is 0 Å². The molecular formula is C20H36O2Si. The molecule has 3 heteroatoms. The van der Waals surface area contributed by atoms with Crippen molar-refractivity contribution in [1.29, 1.82) is 0 Å². The van der Waals surface area contributed by atoms with Gasteiger partial charge in [0.25, 0.3) is 0 Å². The Labute approximate surface area is 144 Å². The summed E-state index contributed by atoms with van der Waals surface area (Å²) in [5.41, 5.74) is 0.768. The van der Waals surface area contributed by atoms with Crippen LogP contribution in [0.15, 0.2) is 24.3 Å². The molecule has 0 aliphatic rings. The molecule has 1 unspecified atom stereocenters. The van der Waals surface area contributed by atoms with E-state index >= 15 is 0 Å².